The average Bonchev–Trinajstić information content (AvgIpc) is 2.86. The highest BCUT2D eigenvalue weighted by atomic mass is 16.5. The van der Waals surface area contributed by atoms with Crippen LogP contribution < -0.4 is 4.74 Å². The van der Waals surface area contributed by atoms with E-state index in [0.29, 0.717) is 0 Å². The van der Waals surface area contributed by atoms with E-state index in [1.165, 1.54) is 107 Å². The molecule has 0 aliphatic carbocycles. The van der Waals surface area contributed by atoms with Crippen LogP contribution in [0.4, 0.5) is 0 Å². The van der Waals surface area contributed by atoms with E-state index in [-0.39, 0.29) is 6.61 Å². The first-order valence-corrected chi connectivity index (χ1v) is 14.2. The number of hydrogen-bond acceptors (Lipinski definition) is 2. The van der Waals surface area contributed by atoms with E-state index >= 15 is 0 Å². The zero-order valence-corrected chi connectivity index (χ0v) is 21.7. The Morgan fingerprint density at radius 3 is 2.38 bits per heavy atom. The number of aliphatic hydroxyl groups excluding tert-OH is 1. The lowest BCUT2D eigenvalue weighted by molar-refractivity contribution is 0.279. The first-order chi connectivity index (χ1) is 16.8. The molecular formula is C32H48O2. The number of fused-ring (bicyclic) bond motifs is 2. The molecule has 3 rings (SSSR count). The van der Waals surface area contributed by atoms with E-state index in [1.54, 1.807) is 0 Å². The molecule has 2 bridgehead atoms. The van der Waals surface area contributed by atoms with Gasteiger partial charge in [0.05, 0.1) is 13.2 Å². The summed E-state index contributed by atoms with van der Waals surface area (Å²) in [6.45, 7) is 3.24. The summed E-state index contributed by atoms with van der Waals surface area (Å²) in [6, 6.07) is 15.0. The maximum atomic E-state index is 9.75. The van der Waals surface area contributed by atoms with Crippen molar-refractivity contribution in [1.82, 2.24) is 0 Å². The third-order valence-electron chi connectivity index (χ3n) is 7.65. The summed E-state index contributed by atoms with van der Waals surface area (Å²) in [4.78, 5) is 0. The number of ether oxygens (including phenoxy) is 1. The molecule has 1 aliphatic heterocycles. The maximum Gasteiger partial charge on any atom is 0.119 e. The minimum Gasteiger partial charge on any atom is -0.494 e. The van der Waals surface area contributed by atoms with Crippen molar-refractivity contribution in [2.75, 3.05) is 6.61 Å². The van der Waals surface area contributed by atoms with Crippen LogP contribution >= 0.6 is 0 Å². The lowest BCUT2D eigenvalue weighted by atomic mass is 9.90. The molecule has 0 radical (unpaired) electrons. The summed E-state index contributed by atoms with van der Waals surface area (Å²) < 4.78 is 6.25. The normalized spacial score (nSPS) is 18.4. The molecule has 34 heavy (non-hydrogen) atoms. The number of benzene rings is 2. The third kappa shape index (κ3) is 9.45. The Morgan fingerprint density at radius 2 is 1.56 bits per heavy atom. The zero-order chi connectivity index (χ0) is 23.8. The first-order valence-electron chi connectivity index (χ1n) is 14.2. The van der Waals surface area contributed by atoms with Crippen molar-refractivity contribution in [2.24, 2.45) is 5.92 Å². The molecule has 0 saturated heterocycles. The highest BCUT2D eigenvalue weighted by molar-refractivity contribution is 5.40. The van der Waals surface area contributed by atoms with Gasteiger partial charge in [-0.15, -0.1) is 0 Å². The lowest BCUT2D eigenvalue weighted by Gasteiger charge is -2.18. The van der Waals surface area contributed by atoms with Crippen LogP contribution in [0.2, 0.25) is 0 Å². The third-order valence-corrected chi connectivity index (χ3v) is 7.65. The standard InChI is InChI=1S/C32H48O2/c1-2-3-4-9-15-27-16-10-7-5-6-8-11-18-29-25-32(34-23-14-17-27)22-21-30(29)24-28-19-12-13-20-31(28)26-33/h12-13,19-22,25,27,33H,2-11,14-18,23-24,26H2,1H3. The molecule has 2 heteroatoms. The van der Waals surface area contributed by atoms with Crippen molar-refractivity contribution in [3.63, 3.8) is 0 Å². The highest BCUT2D eigenvalue weighted by Crippen LogP contribution is 2.27. The van der Waals surface area contributed by atoms with E-state index in [1.807, 2.05) is 12.1 Å². The van der Waals surface area contributed by atoms with Gasteiger partial charge in [0.15, 0.2) is 0 Å². The summed E-state index contributed by atoms with van der Waals surface area (Å²) in [5.41, 5.74) is 5.06. The van der Waals surface area contributed by atoms with Gasteiger partial charge in [-0.25, -0.2) is 0 Å². The van der Waals surface area contributed by atoms with Gasteiger partial charge in [0, 0.05) is 0 Å². The second-order valence-electron chi connectivity index (χ2n) is 10.4. The fourth-order valence-corrected chi connectivity index (χ4v) is 5.50. The van der Waals surface area contributed by atoms with Gasteiger partial charge in [-0.2, -0.15) is 0 Å². The Hall–Kier alpha value is -1.80. The van der Waals surface area contributed by atoms with E-state index in [9.17, 15) is 5.11 Å². The second kappa shape index (κ2) is 16.0. The first kappa shape index (κ1) is 26.8. The summed E-state index contributed by atoms with van der Waals surface area (Å²) in [7, 11) is 0. The van der Waals surface area contributed by atoms with Crippen molar-refractivity contribution in [3.05, 3.63) is 64.7 Å². The molecule has 0 amide bonds. The van der Waals surface area contributed by atoms with Crippen LogP contribution in [0, 0.1) is 5.92 Å². The van der Waals surface area contributed by atoms with Crippen LogP contribution in [0.25, 0.3) is 0 Å². The monoisotopic (exact) mass is 464 g/mol. The second-order valence-corrected chi connectivity index (χ2v) is 10.4. The lowest BCUT2D eigenvalue weighted by Crippen LogP contribution is -2.06. The topological polar surface area (TPSA) is 29.5 Å². The molecule has 1 unspecified atom stereocenters. The zero-order valence-electron chi connectivity index (χ0n) is 21.7. The van der Waals surface area contributed by atoms with Gasteiger partial charge in [-0.05, 0) is 72.4 Å². The number of aliphatic hydroxyl groups is 1. The molecular weight excluding hydrogens is 416 g/mol. The van der Waals surface area contributed by atoms with Crippen LogP contribution in [0.3, 0.4) is 0 Å². The minimum absolute atomic E-state index is 0.103. The van der Waals surface area contributed by atoms with Crippen LogP contribution in [-0.4, -0.2) is 11.7 Å². The molecule has 2 aromatic rings. The summed E-state index contributed by atoms with van der Waals surface area (Å²) >= 11 is 0. The largest absolute Gasteiger partial charge is 0.494 e. The summed E-state index contributed by atoms with van der Waals surface area (Å²) in [6.07, 6.45) is 21.0. The molecule has 188 valence electrons. The fourth-order valence-electron chi connectivity index (χ4n) is 5.50. The van der Waals surface area contributed by atoms with Crippen molar-refractivity contribution in [2.45, 2.75) is 116 Å². The van der Waals surface area contributed by atoms with Crippen LogP contribution in [0.15, 0.2) is 42.5 Å². The Bertz CT molecular complexity index is 812. The van der Waals surface area contributed by atoms with E-state index in [0.717, 1.165) is 36.7 Å². The number of rotatable bonds is 8. The predicted octanol–water partition coefficient (Wildman–Crippen LogP) is 8.80. The fraction of sp³-hybridized carbons (Fsp3) is 0.625. The highest BCUT2D eigenvalue weighted by Gasteiger charge is 2.12. The van der Waals surface area contributed by atoms with E-state index in [4.69, 9.17) is 4.74 Å². The molecule has 1 heterocycles. The number of hydrogen-bond donors (Lipinski definition) is 1. The van der Waals surface area contributed by atoms with Gasteiger partial charge in [0.25, 0.3) is 0 Å². The van der Waals surface area contributed by atoms with Crippen molar-refractivity contribution in [3.8, 4) is 5.75 Å². The van der Waals surface area contributed by atoms with Gasteiger partial charge in [0.2, 0.25) is 0 Å². The molecule has 1 N–H and O–H groups in total. The molecule has 2 nitrogen and oxygen atoms in total. The van der Waals surface area contributed by atoms with Crippen molar-refractivity contribution < 1.29 is 9.84 Å². The van der Waals surface area contributed by atoms with Crippen LogP contribution in [-0.2, 0) is 19.4 Å². The number of unbranched alkanes of at least 4 members (excludes halogenated alkanes) is 3. The molecule has 0 spiro atoms. The van der Waals surface area contributed by atoms with Gasteiger partial charge in [-0.1, -0.05) is 108 Å². The van der Waals surface area contributed by atoms with Crippen molar-refractivity contribution >= 4 is 0 Å². The number of aryl methyl sites for hydroxylation is 1. The average molecular weight is 465 g/mol. The van der Waals surface area contributed by atoms with Gasteiger partial charge in [-0.3, -0.25) is 0 Å². The summed E-state index contributed by atoms with van der Waals surface area (Å²) in [5, 5.41) is 9.75. The van der Waals surface area contributed by atoms with Crippen LogP contribution in [0.5, 0.6) is 5.75 Å². The quantitative estimate of drug-likeness (QED) is 0.395. The smallest absolute Gasteiger partial charge is 0.119 e. The Kier molecular flexibility index (Phi) is 12.6. The van der Waals surface area contributed by atoms with E-state index in [2.05, 4.69) is 37.3 Å². The van der Waals surface area contributed by atoms with Crippen LogP contribution in [0.1, 0.15) is 119 Å². The molecule has 0 fully saturated rings. The molecule has 1 aliphatic rings. The SMILES string of the molecule is CCCCCCC1CCCCCCCCc2cc(ccc2Cc2ccccc2CO)OCCC1. The van der Waals surface area contributed by atoms with Gasteiger partial charge < -0.3 is 9.84 Å². The Balaban J connectivity index is 1.64. The molecule has 0 saturated carbocycles. The maximum absolute atomic E-state index is 9.75. The molecule has 0 aromatic heterocycles. The van der Waals surface area contributed by atoms with Gasteiger partial charge in [0.1, 0.15) is 5.75 Å². The van der Waals surface area contributed by atoms with Crippen molar-refractivity contribution in [1.29, 1.82) is 0 Å². The minimum atomic E-state index is 0.103. The summed E-state index contributed by atoms with van der Waals surface area (Å²) in [5.74, 6) is 1.92. The van der Waals surface area contributed by atoms with Gasteiger partial charge >= 0.3 is 0 Å². The molecule has 1 atom stereocenters. The Labute approximate surface area is 209 Å². The molecule has 2 aromatic carbocycles. The Morgan fingerprint density at radius 1 is 0.794 bits per heavy atom. The van der Waals surface area contributed by atoms with E-state index < -0.39 is 0 Å². The predicted molar refractivity (Wildman–Crippen MR) is 145 cm³/mol.